The number of benzene rings is 1. The van der Waals surface area contributed by atoms with E-state index in [9.17, 15) is 10.1 Å². The van der Waals surface area contributed by atoms with E-state index in [1.54, 1.807) is 6.07 Å². The first-order chi connectivity index (χ1) is 8.11. The number of rotatable bonds is 3. The smallest absolute Gasteiger partial charge is 0.235 e. The summed E-state index contributed by atoms with van der Waals surface area (Å²) < 4.78 is 0. The maximum Gasteiger partial charge on any atom is 0.235 e. The second-order valence-corrected chi connectivity index (χ2v) is 4.10. The van der Waals surface area contributed by atoms with Crippen LogP contribution < -0.4 is 0 Å². The van der Waals surface area contributed by atoms with Gasteiger partial charge in [-0.05, 0) is 24.6 Å². The minimum absolute atomic E-state index is 0.469. The van der Waals surface area contributed by atoms with Crippen LogP contribution in [0, 0.1) is 10.1 Å². The van der Waals surface area contributed by atoms with Crippen molar-refractivity contribution in [2.75, 3.05) is 0 Å². The van der Waals surface area contributed by atoms with Crippen molar-refractivity contribution < 1.29 is 4.92 Å². The molecule has 0 radical (unpaired) electrons. The van der Waals surface area contributed by atoms with Crippen LogP contribution in [0.4, 0.5) is 0 Å². The van der Waals surface area contributed by atoms with Gasteiger partial charge in [0.05, 0.1) is 4.92 Å². The number of nitrogens with zero attached hydrogens (tertiary/aromatic N) is 1. The molecular formula is C12H11ClN2O2. The Kier molecular flexibility index (Phi) is 3.15. The summed E-state index contributed by atoms with van der Waals surface area (Å²) in [5.41, 5.74) is 2.75. The minimum Gasteiger partial charge on any atom is -0.358 e. The average Bonchev–Trinajstić information content (AvgIpc) is 2.63. The van der Waals surface area contributed by atoms with Gasteiger partial charge in [-0.25, -0.2) is 0 Å². The zero-order chi connectivity index (χ0) is 12.4. The highest BCUT2D eigenvalue weighted by Crippen LogP contribution is 2.27. The van der Waals surface area contributed by atoms with Gasteiger partial charge in [-0.3, -0.25) is 10.1 Å². The molecule has 0 aliphatic carbocycles. The summed E-state index contributed by atoms with van der Waals surface area (Å²) >= 11 is 5.93. The zero-order valence-corrected chi connectivity index (χ0v) is 9.99. The first-order valence-corrected chi connectivity index (χ1v) is 5.61. The van der Waals surface area contributed by atoms with Crippen molar-refractivity contribution in [3.8, 4) is 0 Å². The molecule has 4 nitrogen and oxygen atoms in total. The van der Waals surface area contributed by atoms with Crippen molar-refractivity contribution in [1.29, 1.82) is 0 Å². The number of hydrogen-bond donors (Lipinski definition) is 1. The van der Waals surface area contributed by atoms with Crippen molar-refractivity contribution >= 4 is 28.6 Å². The maximum absolute atomic E-state index is 10.4. The number of halogens is 1. The van der Waals surface area contributed by atoms with Crippen molar-refractivity contribution in [2.24, 2.45) is 0 Å². The third-order valence-corrected chi connectivity index (χ3v) is 2.83. The van der Waals surface area contributed by atoms with Crippen molar-refractivity contribution in [2.45, 2.75) is 13.3 Å². The van der Waals surface area contributed by atoms with E-state index in [1.807, 2.05) is 19.1 Å². The lowest BCUT2D eigenvalue weighted by Crippen LogP contribution is -1.85. The van der Waals surface area contributed by atoms with Crippen LogP contribution in [0.25, 0.3) is 17.0 Å². The second-order valence-electron chi connectivity index (χ2n) is 3.66. The standard InChI is InChI=1S/C12H11ClN2O2/c1-2-11-9(5-6-15(16)17)10-7-8(13)3-4-12(10)14-11/h3-7,14H,2H2,1H3. The van der Waals surface area contributed by atoms with Gasteiger partial charge in [0.25, 0.3) is 0 Å². The van der Waals surface area contributed by atoms with Gasteiger partial charge in [0, 0.05) is 33.3 Å². The van der Waals surface area contributed by atoms with Crippen LogP contribution in [-0.4, -0.2) is 9.91 Å². The molecule has 0 spiro atoms. The molecule has 2 rings (SSSR count). The summed E-state index contributed by atoms with van der Waals surface area (Å²) in [7, 11) is 0. The summed E-state index contributed by atoms with van der Waals surface area (Å²) in [5, 5.41) is 11.9. The number of aromatic amines is 1. The van der Waals surface area contributed by atoms with Crippen LogP contribution in [0.15, 0.2) is 24.4 Å². The fourth-order valence-electron chi connectivity index (χ4n) is 1.85. The van der Waals surface area contributed by atoms with Crippen molar-refractivity contribution in [1.82, 2.24) is 4.98 Å². The molecule has 0 unspecified atom stereocenters. The number of nitro groups is 1. The molecule has 0 bridgehead atoms. The largest absolute Gasteiger partial charge is 0.358 e. The number of aromatic nitrogens is 1. The number of nitrogens with one attached hydrogen (secondary N) is 1. The number of H-pyrrole nitrogens is 1. The van der Waals surface area contributed by atoms with Crippen molar-refractivity contribution in [3.63, 3.8) is 0 Å². The van der Waals surface area contributed by atoms with Gasteiger partial charge < -0.3 is 4.98 Å². The molecule has 2 aromatic rings. The lowest BCUT2D eigenvalue weighted by molar-refractivity contribution is -0.400. The van der Waals surface area contributed by atoms with Gasteiger partial charge in [-0.1, -0.05) is 18.5 Å². The molecule has 0 aliphatic heterocycles. The lowest BCUT2D eigenvalue weighted by Gasteiger charge is -1.94. The molecule has 5 heteroatoms. The predicted molar refractivity (Wildman–Crippen MR) is 68.7 cm³/mol. The summed E-state index contributed by atoms with van der Waals surface area (Å²) in [6, 6.07) is 5.48. The lowest BCUT2D eigenvalue weighted by atomic mass is 10.1. The van der Waals surface area contributed by atoms with Crippen LogP contribution in [0.3, 0.4) is 0 Å². The monoisotopic (exact) mass is 250 g/mol. The first kappa shape index (κ1) is 11.7. The SMILES string of the molecule is CCc1[nH]c2ccc(Cl)cc2c1C=C[N+](=O)[O-]. The van der Waals surface area contributed by atoms with E-state index in [1.165, 1.54) is 6.08 Å². The van der Waals surface area contributed by atoms with Crippen LogP contribution in [-0.2, 0) is 6.42 Å². The van der Waals surface area contributed by atoms with E-state index in [0.717, 1.165) is 34.8 Å². The van der Waals surface area contributed by atoms with E-state index in [0.29, 0.717) is 5.02 Å². The highest BCUT2D eigenvalue weighted by Gasteiger charge is 2.09. The molecule has 1 N–H and O–H groups in total. The van der Waals surface area contributed by atoms with E-state index >= 15 is 0 Å². The van der Waals surface area contributed by atoms with Gasteiger partial charge in [0.2, 0.25) is 6.20 Å². The molecule has 1 aromatic carbocycles. The molecule has 0 fully saturated rings. The fraction of sp³-hybridized carbons (Fsp3) is 0.167. The topological polar surface area (TPSA) is 58.9 Å². The minimum atomic E-state index is -0.469. The Balaban J connectivity index is 2.64. The summed E-state index contributed by atoms with van der Waals surface area (Å²) in [4.78, 5) is 13.1. The van der Waals surface area contributed by atoms with Crippen LogP contribution in [0.5, 0.6) is 0 Å². The van der Waals surface area contributed by atoms with Crippen LogP contribution in [0.1, 0.15) is 18.2 Å². The Morgan fingerprint density at radius 2 is 2.29 bits per heavy atom. The number of hydrogen-bond acceptors (Lipinski definition) is 2. The molecule has 17 heavy (non-hydrogen) atoms. The van der Waals surface area contributed by atoms with Gasteiger partial charge in [0.15, 0.2) is 0 Å². The molecule has 0 amide bonds. The van der Waals surface area contributed by atoms with Crippen LogP contribution in [0.2, 0.25) is 5.02 Å². The average molecular weight is 251 g/mol. The molecule has 1 aromatic heterocycles. The second kappa shape index (κ2) is 4.59. The Labute approximate surface area is 103 Å². The zero-order valence-electron chi connectivity index (χ0n) is 9.24. The quantitative estimate of drug-likeness (QED) is 0.668. The van der Waals surface area contributed by atoms with Gasteiger partial charge in [-0.2, -0.15) is 0 Å². The molecular weight excluding hydrogens is 240 g/mol. The Hall–Kier alpha value is -1.81. The fourth-order valence-corrected chi connectivity index (χ4v) is 2.02. The first-order valence-electron chi connectivity index (χ1n) is 5.23. The normalized spacial score (nSPS) is 11.4. The molecule has 0 saturated carbocycles. The summed E-state index contributed by atoms with van der Waals surface area (Å²) in [6.07, 6.45) is 3.24. The maximum atomic E-state index is 10.4. The van der Waals surface area contributed by atoms with E-state index < -0.39 is 4.92 Å². The highest BCUT2D eigenvalue weighted by molar-refractivity contribution is 6.31. The Bertz CT molecular complexity index is 602. The molecule has 0 saturated heterocycles. The van der Waals surface area contributed by atoms with Gasteiger partial charge in [0.1, 0.15) is 0 Å². The van der Waals surface area contributed by atoms with Gasteiger partial charge >= 0.3 is 0 Å². The molecule has 0 atom stereocenters. The van der Waals surface area contributed by atoms with E-state index in [4.69, 9.17) is 11.6 Å². The van der Waals surface area contributed by atoms with Crippen LogP contribution >= 0.6 is 11.6 Å². The summed E-state index contributed by atoms with van der Waals surface area (Å²) in [5.74, 6) is 0. The van der Waals surface area contributed by atoms with E-state index in [2.05, 4.69) is 4.98 Å². The van der Waals surface area contributed by atoms with Gasteiger partial charge in [-0.15, -0.1) is 0 Å². The molecule has 88 valence electrons. The third-order valence-electron chi connectivity index (χ3n) is 2.60. The molecule has 0 aliphatic rings. The Morgan fingerprint density at radius 1 is 1.53 bits per heavy atom. The third kappa shape index (κ3) is 2.31. The Morgan fingerprint density at radius 3 is 2.94 bits per heavy atom. The number of fused-ring (bicyclic) bond motifs is 1. The predicted octanol–water partition coefficient (Wildman–Crippen LogP) is 3.63. The summed E-state index contributed by atoms with van der Waals surface area (Å²) in [6.45, 7) is 2.00. The van der Waals surface area contributed by atoms with Crippen molar-refractivity contribution in [3.05, 3.63) is 50.8 Å². The molecule has 1 heterocycles. The van der Waals surface area contributed by atoms with E-state index in [-0.39, 0.29) is 0 Å². The highest BCUT2D eigenvalue weighted by atomic mass is 35.5. The number of aryl methyl sites for hydroxylation is 1.